The molecule has 24 heavy (non-hydrogen) atoms. The van der Waals surface area contributed by atoms with Crippen LogP contribution in [0.1, 0.15) is 21.5 Å². The number of amides is 1. The van der Waals surface area contributed by atoms with E-state index in [9.17, 15) is 9.59 Å². The Morgan fingerprint density at radius 2 is 1.71 bits per heavy atom. The molecule has 0 saturated heterocycles. The second kappa shape index (κ2) is 6.16. The van der Waals surface area contributed by atoms with Crippen LogP contribution in [-0.4, -0.2) is 21.3 Å². The quantitative estimate of drug-likeness (QED) is 0.591. The zero-order valence-corrected chi connectivity index (χ0v) is 13.8. The van der Waals surface area contributed by atoms with Crippen LogP contribution in [0, 0.1) is 6.92 Å². The van der Waals surface area contributed by atoms with Crippen molar-refractivity contribution >= 4 is 23.2 Å². The smallest absolute Gasteiger partial charge is 0.295 e. The van der Waals surface area contributed by atoms with Gasteiger partial charge in [-0.2, -0.15) is 5.10 Å². The van der Waals surface area contributed by atoms with Crippen LogP contribution in [0.25, 0.3) is 11.0 Å². The van der Waals surface area contributed by atoms with Gasteiger partial charge in [-0.15, -0.1) is 0 Å². The largest absolute Gasteiger partial charge is 0.328 e. The van der Waals surface area contributed by atoms with Crippen LogP contribution in [0.15, 0.2) is 52.4 Å². The lowest BCUT2D eigenvalue weighted by atomic mass is 10.1. The van der Waals surface area contributed by atoms with Gasteiger partial charge in [0.25, 0.3) is 5.91 Å². The van der Waals surface area contributed by atoms with E-state index in [-0.39, 0.29) is 11.6 Å². The van der Waals surface area contributed by atoms with Gasteiger partial charge < -0.3 is 0 Å². The molecule has 1 aromatic heterocycles. The van der Waals surface area contributed by atoms with E-state index in [1.54, 1.807) is 41.6 Å². The average molecular weight is 322 g/mol. The maximum atomic E-state index is 12.0. The van der Waals surface area contributed by atoms with Crippen molar-refractivity contribution in [3.63, 3.8) is 0 Å². The molecule has 0 bridgehead atoms. The fourth-order valence-electron chi connectivity index (χ4n) is 2.54. The molecule has 2 aromatic carbocycles. The molecule has 0 spiro atoms. The van der Waals surface area contributed by atoms with E-state index in [4.69, 9.17) is 0 Å². The van der Waals surface area contributed by atoms with Gasteiger partial charge in [-0.25, -0.2) is 10.2 Å². The van der Waals surface area contributed by atoms with Crippen molar-refractivity contribution in [1.29, 1.82) is 0 Å². The zero-order valence-electron chi connectivity index (χ0n) is 13.8. The van der Waals surface area contributed by atoms with Crippen LogP contribution in [0.5, 0.6) is 0 Å². The maximum Gasteiger partial charge on any atom is 0.328 e. The lowest BCUT2D eigenvalue weighted by molar-refractivity contribution is 0.0955. The number of nitrogens with one attached hydrogen (secondary N) is 1. The number of nitrogens with zero attached hydrogens (tertiary/aromatic N) is 3. The molecule has 0 saturated carbocycles. The second-order valence-corrected chi connectivity index (χ2v) is 5.71. The number of hydrogen-bond acceptors (Lipinski definition) is 3. The first-order valence-electron chi connectivity index (χ1n) is 7.53. The molecule has 122 valence electrons. The Bertz CT molecular complexity index is 994. The van der Waals surface area contributed by atoms with Crippen molar-refractivity contribution in [1.82, 2.24) is 14.6 Å². The molecule has 0 fully saturated rings. The van der Waals surface area contributed by atoms with Gasteiger partial charge in [-0.1, -0.05) is 23.8 Å². The van der Waals surface area contributed by atoms with Crippen molar-refractivity contribution in [3.8, 4) is 0 Å². The van der Waals surface area contributed by atoms with E-state index in [2.05, 4.69) is 10.5 Å². The predicted molar refractivity (Wildman–Crippen MR) is 94.4 cm³/mol. The van der Waals surface area contributed by atoms with Crippen LogP contribution >= 0.6 is 0 Å². The van der Waals surface area contributed by atoms with Gasteiger partial charge in [-0.05, 0) is 36.8 Å². The van der Waals surface area contributed by atoms with Crippen molar-refractivity contribution in [2.75, 3.05) is 0 Å². The van der Waals surface area contributed by atoms with Crippen LogP contribution in [0.2, 0.25) is 0 Å². The normalized spacial score (nSPS) is 11.3. The number of imidazole rings is 1. The molecule has 1 amide bonds. The van der Waals surface area contributed by atoms with Crippen molar-refractivity contribution in [2.24, 2.45) is 19.2 Å². The first-order valence-corrected chi connectivity index (χ1v) is 7.53. The van der Waals surface area contributed by atoms with Crippen LogP contribution in [0.4, 0.5) is 0 Å². The summed E-state index contributed by atoms with van der Waals surface area (Å²) >= 11 is 0. The first-order chi connectivity index (χ1) is 11.5. The molecule has 6 nitrogen and oxygen atoms in total. The standard InChI is InChI=1S/C18H18N4O2/c1-12-4-7-14(8-5-12)17(23)20-19-11-13-6-9-15-16(10-13)22(3)18(24)21(15)2/h4-11H,1-3H3,(H,20,23)/b19-11+. The molecule has 0 radical (unpaired) electrons. The molecule has 0 atom stereocenters. The number of hydrazone groups is 1. The molecule has 6 heteroatoms. The topological polar surface area (TPSA) is 68.4 Å². The lowest BCUT2D eigenvalue weighted by Crippen LogP contribution is -2.19. The molecular formula is C18H18N4O2. The summed E-state index contributed by atoms with van der Waals surface area (Å²) in [5.74, 6) is -0.264. The number of aromatic nitrogens is 2. The molecule has 3 rings (SSSR count). The Balaban J connectivity index is 1.78. The molecule has 3 aromatic rings. The number of aryl methyl sites for hydroxylation is 3. The molecule has 1 N–H and O–H groups in total. The van der Waals surface area contributed by atoms with Gasteiger partial charge in [0.05, 0.1) is 17.2 Å². The number of rotatable bonds is 3. The second-order valence-electron chi connectivity index (χ2n) is 5.71. The number of benzene rings is 2. The van der Waals surface area contributed by atoms with Crippen molar-refractivity contribution in [3.05, 3.63) is 69.6 Å². The minimum absolute atomic E-state index is 0.0771. The van der Waals surface area contributed by atoms with E-state index in [1.807, 2.05) is 37.3 Å². The van der Waals surface area contributed by atoms with Crippen LogP contribution in [0.3, 0.4) is 0 Å². The number of carbonyl (C=O) groups is 1. The third-order valence-electron chi connectivity index (χ3n) is 3.99. The summed E-state index contributed by atoms with van der Waals surface area (Å²) in [4.78, 5) is 23.9. The Labute approximate surface area is 139 Å². The summed E-state index contributed by atoms with van der Waals surface area (Å²) in [5.41, 5.74) is 6.54. The third-order valence-corrected chi connectivity index (χ3v) is 3.99. The van der Waals surface area contributed by atoms with Gasteiger partial charge >= 0.3 is 5.69 Å². The van der Waals surface area contributed by atoms with Gasteiger partial charge in [0.1, 0.15) is 0 Å². The monoisotopic (exact) mass is 322 g/mol. The highest BCUT2D eigenvalue weighted by Gasteiger charge is 2.07. The van der Waals surface area contributed by atoms with E-state index >= 15 is 0 Å². The SMILES string of the molecule is Cc1ccc(C(=O)N/N=C/c2ccc3c(c2)n(C)c(=O)n3C)cc1. The molecule has 0 aliphatic heterocycles. The van der Waals surface area contributed by atoms with E-state index < -0.39 is 0 Å². The van der Waals surface area contributed by atoms with E-state index in [0.29, 0.717) is 5.56 Å². The van der Waals surface area contributed by atoms with Crippen molar-refractivity contribution < 1.29 is 4.79 Å². The maximum absolute atomic E-state index is 12.0. The molecule has 0 aliphatic carbocycles. The average Bonchev–Trinajstić information content (AvgIpc) is 2.80. The fourth-order valence-corrected chi connectivity index (χ4v) is 2.54. The van der Waals surface area contributed by atoms with Gasteiger partial charge in [0.2, 0.25) is 0 Å². The summed E-state index contributed by atoms with van der Waals surface area (Å²) in [6, 6.07) is 12.8. The van der Waals surface area contributed by atoms with Crippen molar-refractivity contribution in [2.45, 2.75) is 6.92 Å². The highest BCUT2D eigenvalue weighted by Crippen LogP contribution is 2.12. The Morgan fingerprint density at radius 1 is 1.04 bits per heavy atom. The highest BCUT2D eigenvalue weighted by atomic mass is 16.2. The molecule has 0 aliphatic rings. The zero-order chi connectivity index (χ0) is 17.3. The summed E-state index contributed by atoms with van der Waals surface area (Å²) in [5, 5.41) is 3.99. The Kier molecular flexibility index (Phi) is 4.04. The number of hydrogen-bond donors (Lipinski definition) is 1. The highest BCUT2D eigenvalue weighted by molar-refractivity contribution is 5.95. The fraction of sp³-hybridized carbons (Fsp3) is 0.167. The summed E-state index contributed by atoms with van der Waals surface area (Å²) in [6.07, 6.45) is 1.56. The summed E-state index contributed by atoms with van der Waals surface area (Å²) in [7, 11) is 3.46. The minimum Gasteiger partial charge on any atom is -0.295 e. The first kappa shape index (κ1) is 15.7. The summed E-state index contributed by atoms with van der Waals surface area (Å²) in [6.45, 7) is 1.97. The number of fused-ring (bicyclic) bond motifs is 1. The lowest BCUT2D eigenvalue weighted by Gasteiger charge is -2.01. The molecule has 1 heterocycles. The molecular weight excluding hydrogens is 304 g/mol. The van der Waals surface area contributed by atoms with Gasteiger partial charge in [-0.3, -0.25) is 13.9 Å². The van der Waals surface area contributed by atoms with E-state index in [0.717, 1.165) is 22.2 Å². The summed E-state index contributed by atoms with van der Waals surface area (Å²) < 4.78 is 3.17. The molecule has 0 unspecified atom stereocenters. The third kappa shape index (κ3) is 2.86. The minimum atomic E-state index is -0.264. The Hall–Kier alpha value is -3.15. The van der Waals surface area contributed by atoms with Crippen LogP contribution < -0.4 is 11.1 Å². The Morgan fingerprint density at radius 3 is 2.42 bits per heavy atom. The van der Waals surface area contributed by atoms with Crippen LogP contribution in [-0.2, 0) is 14.1 Å². The van der Waals surface area contributed by atoms with Gasteiger partial charge in [0.15, 0.2) is 0 Å². The predicted octanol–water partition coefficient (Wildman–Crippen LogP) is 1.95. The van der Waals surface area contributed by atoms with E-state index in [1.165, 1.54) is 0 Å². The van der Waals surface area contributed by atoms with Gasteiger partial charge in [0, 0.05) is 19.7 Å². The number of carbonyl (C=O) groups excluding carboxylic acids is 1.